The molecule has 3 aliphatic carbocycles. The van der Waals surface area contributed by atoms with E-state index in [0.717, 1.165) is 31.4 Å². The molecule has 13 rings (SSSR count). The fraction of sp³-hybridized carbons (Fsp3) is 0.0690. The molecular weight excluding hydrogens is 725 g/mol. The lowest BCUT2D eigenvalue weighted by molar-refractivity contribution is 0.892. The number of benzene rings is 8. The Morgan fingerprint density at radius 1 is 0.383 bits per heavy atom. The molecule has 0 atom stereocenters. The Morgan fingerprint density at radius 3 is 1.73 bits per heavy atom. The second-order valence-corrected chi connectivity index (χ2v) is 16.6. The van der Waals surface area contributed by atoms with Crippen molar-refractivity contribution in [3.05, 3.63) is 210 Å². The van der Waals surface area contributed by atoms with Crippen LogP contribution in [0.25, 0.3) is 105 Å². The fourth-order valence-electron chi connectivity index (χ4n) is 10.7. The summed E-state index contributed by atoms with van der Waals surface area (Å²) in [6, 6.07) is 63.3. The van der Waals surface area contributed by atoms with Gasteiger partial charge in [0.05, 0.1) is 22.2 Å². The third-order valence-corrected chi connectivity index (χ3v) is 13.3. The lowest BCUT2D eigenvalue weighted by atomic mass is 9.96. The van der Waals surface area contributed by atoms with Gasteiger partial charge in [-0.05, 0) is 141 Å². The van der Waals surface area contributed by atoms with Crippen LogP contribution in [0.5, 0.6) is 0 Å². The Hall–Kier alpha value is -7.42. The molecule has 0 amide bonds. The van der Waals surface area contributed by atoms with Crippen LogP contribution in [0.4, 0.5) is 0 Å². The summed E-state index contributed by atoms with van der Waals surface area (Å²) in [5, 5.41) is 6.57. The molecular formula is C58H40N2. The molecule has 0 bridgehead atoms. The van der Waals surface area contributed by atoms with Crippen LogP contribution in [0.3, 0.4) is 0 Å². The molecule has 2 nitrogen and oxygen atoms in total. The molecule has 0 N–H and O–H groups in total. The molecule has 2 aromatic heterocycles. The van der Waals surface area contributed by atoms with Gasteiger partial charge in [-0.1, -0.05) is 140 Å². The first-order valence-electron chi connectivity index (χ1n) is 21.4. The minimum atomic E-state index is 1.03. The molecule has 2 heterocycles. The van der Waals surface area contributed by atoms with Crippen molar-refractivity contribution in [3.8, 4) is 44.8 Å². The number of fused-ring (bicyclic) bond motifs is 9. The molecule has 0 unspecified atom stereocenters. The zero-order valence-electron chi connectivity index (χ0n) is 33.2. The molecule has 0 saturated heterocycles. The summed E-state index contributed by atoms with van der Waals surface area (Å²) in [7, 11) is 0. The second kappa shape index (κ2) is 13.0. The Balaban J connectivity index is 0.978. The topological polar surface area (TPSA) is 9.86 Å². The summed E-state index contributed by atoms with van der Waals surface area (Å²) in [5.41, 5.74) is 21.8. The quantitative estimate of drug-likeness (QED) is 0.165. The highest BCUT2D eigenvalue weighted by atomic mass is 15.0. The average Bonchev–Trinajstić information content (AvgIpc) is 3.96. The predicted octanol–water partition coefficient (Wildman–Crippen LogP) is 15.4. The number of hydrogen-bond donors (Lipinski definition) is 0. The standard InChI is InChI=1S/C58H40N2/c1-3-14-37(15-4-1)41-32-42(38-16-5-2-6-17-38)34-43(33-41)59-53-24-11-9-20-46(53)51-35-39(26-29-56(51)59)40-27-30-57-52(36-40)47-21-10-12-25-54(47)60(57)55-31-28-49-45-19-8-7-18-44(45)48-22-13-23-50(55)58(48)49/h1-6,9-11,13-24,26-36H,7-8,12,25H2. The van der Waals surface area contributed by atoms with Crippen LogP contribution in [-0.2, 0) is 6.42 Å². The summed E-state index contributed by atoms with van der Waals surface area (Å²) < 4.78 is 5.04. The Labute approximate surface area is 349 Å². The third-order valence-electron chi connectivity index (χ3n) is 13.3. The first-order chi connectivity index (χ1) is 29.8. The van der Waals surface area contributed by atoms with E-state index in [4.69, 9.17) is 0 Å². The van der Waals surface area contributed by atoms with Crippen LogP contribution in [0.1, 0.15) is 41.6 Å². The predicted molar refractivity (Wildman–Crippen MR) is 254 cm³/mol. The number of para-hydroxylation sites is 1. The van der Waals surface area contributed by atoms with Crippen LogP contribution in [0, 0.1) is 0 Å². The number of aromatic nitrogens is 2. The van der Waals surface area contributed by atoms with E-state index in [0.29, 0.717) is 0 Å². The van der Waals surface area contributed by atoms with Gasteiger partial charge in [-0.15, -0.1) is 0 Å². The van der Waals surface area contributed by atoms with Crippen LogP contribution in [-0.4, -0.2) is 9.13 Å². The van der Waals surface area contributed by atoms with Gasteiger partial charge in [-0.3, -0.25) is 0 Å². The van der Waals surface area contributed by atoms with Gasteiger partial charge in [-0.2, -0.15) is 0 Å². The molecule has 2 heteroatoms. The van der Waals surface area contributed by atoms with Gasteiger partial charge in [0.1, 0.15) is 0 Å². The fourth-order valence-corrected chi connectivity index (χ4v) is 10.7. The summed E-state index contributed by atoms with van der Waals surface area (Å²) in [5.74, 6) is 0. The smallest absolute Gasteiger partial charge is 0.0541 e. The van der Waals surface area contributed by atoms with Crippen LogP contribution in [0.15, 0.2) is 188 Å². The summed E-state index contributed by atoms with van der Waals surface area (Å²) >= 11 is 0. The van der Waals surface area contributed by atoms with Crippen LogP contribution >= 0.6 is 0 Å². The highest BCUT2D eigenvalue weighted by molar-refractivity contribution is 6.23. The minimum absolute atomic E-state index is 1.03. The lowest BCUT2D eigenvalue weighted by Gasteiger charge is -2.16. The SMILES string of the molecule is C1=Cc2c(n(-c3ccc4c5c(cccc35)C3=CCCC=C34)c3ccc(-c4ccc5c(c4)c4ccccc4n5-c4cc(-c5ccccc5)cc(-c5ccccc5)c4)cc23)CC1. The van der Waals surface area contributed by atoms with Crippen molar-refractivity contribution >= 4 is 60.7 Å². The molecule has 282 valence electrons. The molecule has 8 aromatic carbocycles. The first-order valence-corrected chi connectivity index (χ1v) is 21.4. The number of hydrogen-bond acceptors (Lipinski definition) is 0. The van der Waals surface area contributed by atoms with Crippen LogP contribution < -0.4 is 0 Å². The Bertz CT molecular complexity index is 3430. The Kier molecular flexibility index (Phi) is 7.29. The van der Waals surface area contributed by atoms with Gasteiger partial charge in [0.2, 0.25) is 0 Å². The van der Waals surface area contributed by atoms with Gasteiger partial charge in [-0.25, -0.2) is 0 Å². The molecule has 0 spiro atoms. The average molecular weight is 765 g/mol. The summed E-state index contributed by atoms with van der Waals surface area (Å²) in [6.45, 7) is 0. The van der Waals surface area contributed by atoms with Gasteiger partial charge in [0.15, 0.2) is 0 Å². The molecule has 60 heavy (non-hydrogen) atoms. The normalized spacial score (nSPS) is 14.2. The lowest BCUT2D eigenvalue weighted by Crippen LogP contribution is -2.04. The van der Waals surface area contributed by atoms with E-state index < -0.39 is 0 Å². The van der Waals surface area contributed by atoms with E-state index in [1.165, 1.54) is 116 Å². The van der Waals surface area contributed by atoms with Gasteiger partial charge >= 0.3 is 0 Å². The first kappa shape index (κ1) is 33.5. The summed E-state index contributed by atoms with van der Waals surface area (Å²) in [4.78, 5) is 0. The molecule has 0 fully saturated rings. The highest BCUT2D eigenvalue weighted by Crippen LogP contribution is 2.50. The molecule has 0 saturated carbocycles. The molecule has 3 aliphatic rings. The van der Waals surface area contributed by atoms with Gasteiger partial charge in [0, 0.05) is 38.5 Å². The zero-order chi connectivity index (χ0) is 39.3. The van der Waals surface area contributed by atoms with Crippen molar-refractivity contribution in [2.75, 3.05) is 0 Å². The van der Waals surface area contributed by atoms with Gasteiger partial charge < -0.3 is 9.13 Å². The van der Waals surface area contributed by atoms with Crippen molar-refractivity contribution in [2.24, 2.45) is 0 Å². The molecule has 0 aliphatic heterocycles. The Morgan fingerprint density at radius 2 is 1.00 bits per heavy atom. The number of allylic oxidation sites excluding steroid dienone is 5. The van der Waals surface area contributed by atoms with Gasteiger partial charge in [0.25, 0.3) is 0 Å². The maximum Gasteiger partial charge on any atom is 0.0541 e. The largest absolute Gasteiger partial charge is 0.312 e. The third kappa shape index (κ3) is 4.94. The van der Waals surface area contributed by atoms with Crippen molar-refractivity contribution in [2.45, 2.75) is 25.7 Å². The van der Waals surface area contributed by atoms with E-state index in [9.17, 15) is 0 Å². The summed E-state index contributed by atoms with van der Waals surface area (Å²) in [6.07, 6.45) is 13.9. The number of rotatable bonds is 5. The van der Waals surface area contributed by atoms with E-state index in [-0.39, 0.29) is 0 Å². The monoisotopic (exact) mass is 764 g/mol. The maximum atomic E-state index is 2.58. The maximum absolute atomic E-state index is 2.58. The second-order valence-electron chi connectivity index (χ2n) is 16.6. The van der Waals surface area contributed by atoms with Crippen molar-refractivity contribution in [1.29, 1.82) is 0 Å². The van der Waals surface area contributed by atoms with E-state index in [1.807, 2.05) is 0 Å². The minimum Gasteiger partial charge on any atom is -0.312 e. The van der Waals surface area contributed by atoms with Crippen LogP contribution in [0.2, 0.25) is 0 Å². The van der Waals surface area contributed by atoms with E-state index in [2.05, 4.69) is 203 Å². The van der Waals surface area contributed by atoms with Crippen molar-refractivity contribution in [1.82, 2.24) is 9.13 Å². The number of nitrogens with zero attached hydrogens (tertiary/aromatic N) is 2. The molecule has 0 radical (unpaired) electrons. The molecule has 10 aromatic rings. The van der Waals surface area contributed by atoms with Crippen molar-refractivity contribution < 1.29 is 0 Å². The van der Waals surface area contributed by atoms with Crippen molar-refractivity contribution in [3.63, 3.8) is 0 Å². The van der Waals surface area contributed by atoms with E-state index in [1.54, 1.807) is 0 Å². The van der Waals surface area contributed by atoms with E-state index >= 15 is 0 Å². The highest BCUT2D eigenvalue weighted by Gasteiger charge is 2.28. The zero-order valence-corrected chi connectivity index (χ0v) is 33.2.